The van der Waals surface area contributed by atoms with E-state index in [1.54, 1.807) is 0 Å². The lowest BCUT2D eigenvalue weighted by Gasteiger charge is -2.27. The lowest BCUT2D eigenvalue weighted by atomic mass is 9.79. The zero-order chi connectivity index (χ0) is 10.0. The van der Waals surface area contributed by atoms with Gasteiger partial charge < -0.3 is 5.11 Å². The summed E-state index contributed by atoms with van der Waals surface area (Å²) in [5.41, 5.74) is 2.08. The number of rotatable bonds is 2. The largest absolute Gasteiger partial charge is 0.389 e. The number of hydrogen-bond donors (Lipinski definition) is 1. The highest BCUT2D eigenvalue weighted by Crippen LogP contribution is 2.43. The van der Waals surface area contributed by atoms with E-state index in [4.69, 9.17) is 0 Å². The molecule has 14 heavy (non-hydrogen) atoms. The Kier molecular flexibility index (Phi) is 2.96. The van der Waals surface area contributed by atoms with Crippen LogP contribution in [0.3, 0.4) is 0 Å². The normalized spacial score (nSPS) is 31.6. The molecule has 2 aliphatic rings. The summed E-state index contributed by atoms with van der Waals surface area (Å²) in [6, 6.07) is 0. The highest BCUT2D eigenvalue weighted by atomic mass is 16.3. The van der Waals surface area contributed by atoms with Gasteiger partial charge in [-0.3, -0.25) is 0 Å². The van der Waals surface area contributed by atoms with Crippen molar-refractivity contribution in [3.05, 3.63) is 11.6 Å². The summed E-state index contributed by atoms with van der Waals surface area (Å²) in [6.45, 7) is 2.42. The van der Waals surface area contributed by atoms with E-state index in [-0.39, 0.29) is 6.10 Å². The number of aliphatic hydroxyl groups is 1. The maximum atomic E-state index is 9.56. The number of aliphatic hydroxyl groups excluding tert-OH is 1. The summed E-state index contributed by atoms with van der Waals surface area (Å²) in [7, 11) is 0. The van der Waals surface area contributed by atoms with Crippen molar-refractivity contribution in [3.8, 4) is 0 Å². The Bertz CT molecular complexity index is 223. The van der Waals surface area contributed by atoms with Gasteiger partial charge in [0, 0.05) is 0 Å². The summed E-state index contributed by atoms with van der Waals surface area (Å²) >= 11 is 0. The van der Waals surface area contributed by atoms with Crippen LogP contribution in [0.15, 0.2) is 11.6 Å². The molecule has 0 amide bonds. The first kappa shape index (κ1) is 10.2. The van der Waals surface area contributed by atoms with Crippen molar-refractivity contribution in [1.29, 1.82) is 0 Å². The van der Waals surface area contributed by atoms with Crippen LogP contribution in [-0.4, -0.2) is 11.2 Å². The molecular formula is C13H22O. The molecule has 0 saturated heterocycles. The molecule has 0 aliphatic heterocycles. The van der Waals surface area contributed by atoms with Crippen LogP contribution in [0.1, 0.15) is 58.3 Å². The molecule has 1 N–H and O–H groups in total. The fourth-order valence-corrected chi connectivity index (χ4v) is 3.08. The van der Waals surface area contributed by atoms with Gasteiger partial charge in [0.05, 0.1) is 6.10 Å². The van der Waals surface area contributed by atoms with E-state index in [9.17, 15) is 5.11 Å². The minimum atomic E-state index is -0.149. The highest BCUT2D eigenvalue weighted by Gasteiger charge is 2.29. The summed E-state index contributed by atoms with van der Waals surface area (Å²) in [5.74, 6) is 0. The first-order valence-electron chi connectivity index (χ1n) is 6.06. The monoisotopic (exact) mass is 194 g/mol. The molecule has 0 radical (unpaired) electrons. The predicted molar refractivity (Wildman–Crippen MR) is 59.1 cm³/mol. The maximum absolute atomic E-state index is 9.56. The molecule has 0 aromatic rings. The van der Waals surface area contributed by atoms with Gasteiger partial charge in [-0.05, 0) is 43.9 Å². The first-order valence-corrected chi connectivity index (χ1v) is 6.06. The van der Waals surface area contributed by atoms with Gasteiger partial charge in [0.15, 0.2) is 0 Å². The lowest BCUT2D eigenvalue weighted by molar-refractivity contribution is 0.198. The quantitative estimate of drug-likeness (QED) is 0.668. The molecule has 0 spiro atoms. The third-order valence-corrected chi connectivity index (χ3v) is 3.89. The summed E-state index contributed by atoms with van der Waals surface area (Å²) < 4.78 is 0. The molecule has 1 atom stereocenters. The van der Waals surface area contributed by atoms with Gasteiger partial charge in [-0.15, -0.1) is 0 Å². The van der Waals surface area contributed by atoms with E-state index in [1.165, 1.54) is 50.5 Å². The van der Waals surface area contributed by atoms with Crippen LogP contribution in [0.25, 0.3) is 0 Å². The molecule has 1 unspecified atom stereocenters. The van der Waals surface area contributed by atoms with Crippen LogP contribution >= 0.6 is 0 Å². The second-order valence-corrected chi connectivity index (χ2v) is 5.48. The number of allylic oxidation sites excluding steroid dienone is 1. The summed E-state index contributed by atoms with van der Waals surface area (Å²) in [6.07, 6.45) is 12.2. The van der Waals surface area contributed by atoms with Gasteiger partial charge in [-0.25, -0.2) is 0 Å². The van der Waals surface area contributed by atoms with Crippen LogP contribution in [0.4, 0.5) is 0 Å². The Labute approximate surface area is 87.2 Å². The molecule has 80 valence electrons. The Balaban J connectivity index is 1.95. The minimum absolute atomic E-state index is 0.149. The van der Waals surface area contributed by atoms with Crippen LogP contribution in [-0.2, 0) is 0 Å². The average molecular weight is 194 g/mol. The fourth-order valence-electron chi connectivity index (χ4n) is 3.08. The molecule has 0 aromatic heterocycles. The molecule has 1 nitrogen and oxygen atoms in total. The van der Waals surface area contributed by atoms with Gasteiger partial charge in [-0.1, -0.05) is 31.4 Å². The van der Waals surface area contributed by atoms with Crippen molar-refractivity contribution in [1.82, 2.24) is 0 Å². The van der Waals surface area contributed by atoms with Crippen molar-refractivity contribution >= 4 is 0 Å². The third kappa shape index (κ3) is 2.38. The molecule has 0 heterocycles. The first-order chi connectivity index (χ1) is 6.68. The maximum Gasteiger partial charge on any atom is 0.0723 e. The zero-order valence-electron chi connectivity index (χ0n) is 9.26. The Morgan fingerprint density at radius 2 is 2.07 bits per heavy atom. The van der Waals surface area contributed by atoms with Crippen LogP contribution in [0, 0.1) is 5.41 Å². The second-order valence-electron chi connectivity index (χ2n) is 5.48. The minimum Gasteiger partial charge on any atom is -0.389 e. The standard InChI is InChI=1S/C13H22O/c1-13(7-2-3-8-13)10-11-5-4-6-12(14)9-11/h9,12,14H,2-8,10H2,1H3. The zero-order valence-corrected chi connectivity index (χ0v) is 9.26. The topological polar surface area (TPSA) is 20.2 Å². The lowest BCUT2D eigenvalue weighted by Crippen LogP contribution is -2.16. The molecule has 2 aliphatic carbocycles. The van der Waals surface area contributed by atoms with Gasteiger partial charge in [-0.2, -0.15) is 0 Å². The summed E-state index contributed by atoms with van der Waals surface area (Å²) in [5, 5.41) is 9.56. The number of hydrogen-bond acceptors (Lipinski definition) is 1. The second kappa shape index (κ2) is 4.06. The predicted octanol–water partition coefficient (Wildman–Crippen LogP) is 3.43. The Hall–Kier alpha value is -0.300. The van der Waals surface area contributed by atoms with E-state index in [0.717, 1.165) is 6.42 Å². The van der Waals surface area contributed by atoms with Crippen LogP contribution < -0.4 is 0 Å². The molecule has 1 fully saturated rings. The van der Waals surface area contributed by atoms with Crippen molar-refractivity contribution in [2.24, 2.45) is 5.41 Å². The molecule has 0 bridgehead atoms. The van der Waals surface area contributed by atoms with Crippen molar-refractivity contribution in [2.45, 2.75) is 64.4 Å². The molecule has 1 heteroatoms. The molecule has 2 rings (SSSR count). The van der Waals surface area contributed by atoms with Crippen molar-refractivity contribution in [3.63, 3.8) is 0 Å². The SMILES string of the molecule is CC1(CC2=CC(O)CCC2)CCCC1. The fraction of sp³-hybridized carbons (Fsp3) is 0.846. The van der Waals surface area contributed by atoms with Gasteiger partial charge in [0.2, 0.25) is 0 Å². The van der Waals surface area contributed by atoms with Gasteiger partial charge in [0.25, 0.3) is 0 Å². The van der Waals surface area contributed by atoms with Gasteiger partial charge >= 0.3 is 0 Å². The molecular weight excluding hydrogens is 172 g/mol. The highest BCUT2D eigenvalue weighted by molar-refractivity contribution is 5.11. The van der Waals surface area contributed by atoms with Crippen molar-refractivity contribution < 1.29 is 5.11 Å². The van der Waals surface area contributed by atoms with Crippen LogP contribution in [0.2, 0.25) is 0 Å². The van der Waals surface area contributed by atoms with Crippen LogP contribution in [0.5, 0.6) is 0 Å². The smallest absolute Gasteiger partial charge is 0.0723 e. The third-order valence-electron chi connectivity index (χ3n) is 3.89. The van der Waals surface area contributed by atoms with Crippen molar-refractivity contribution in [2.75, 3.05) is 0 Å². The Morgan fingerprint density at radius 3 is 2.71 bits per heavy atom. The Morgan fingerprint density at radius 1 is 1.36 bits per heavy atom. The van der Waals surface area contributed by atoms with Gasteiger partial charge in [0.1, 0.15) is 0 Å². The van der Waals surface area contributed by atoms with E-state index in [2.05, 4.69) is 13.0 Å². The van der Waals surface area contributed by atoms with E-state index in [1.807, 2.05) is 0 Å². The summed E-state index contributed by atoms with van der Waals surface area (Å²) in [4.78, 5) is 0. The average Bonchev–Trinajstić information content (AvgIpc) is 2.51. The van der Waals surface area contributed by atoms with E-state index in [0.29, 0.717) is 5.41 Å². The van der Waals surface area contributed by atoms with E-state index < -0.39 is 0 Å². The molecule has 1 saturated carbocycles. The van der Waals surface area contributed by atoms with E-state index >= 15 is 0 Å². The molecule has 0 aromatic carbocycles.